The Bertz CT molecular complexity index is 284. The number of hydrogen-bond donors (Lipinski definition) is 1. The lowest BCUT2D eigenvalue weighted by atomic mass is 10.1. The number of aliphatic hydroxyl groups is 1. The van der Waals surface area contributed by atoms with E-state index < -0.39 is 0 Å². The molecule has 1 N–H and O–H groups in total. The summed E-state index contributed by atoms with van der Waals surface area (Å²) >= 11 is 0. The maximum absolute atomic E-state index is 9.61. The lowest BCUT2D eigenvalue weighted by molar-refractivity contribution is 0.00287. The highest BCUT2D eigenvalue weighted by molar-refractivity contribution is 5.03. The zero-order valence-electron chi connectivity index (χ0n) is 9.68. The second-order valence-corrected chi connectivity index (χ2v) is 4.10. The van der Waals surface area contributed by atoms with Gasteiger partial charge in [-0.3, -0.25) is 4.68 Å². The van der Waals surface area contributed by atoms with Crippen molar-refractivity contribution in [2.75, 3.05) is 6.61 Å². The molecule has 0 aliphatic heterocycles. The Labute approximate surface area is 90.9 Å². The molecule has 0 fully saturated rings. The fourth-order valence-electron chi connectivity index (χ4n) is 1.32. The van der Waals surface area contributed by atoms with Gasteiger partial charge in [-0.05, 0) is 32.3 Å². The number of nitrogens with zero attached hydrogens (tertiary/aromatic N) is 2. The van der Waals surface area contributed by atoms with E-state index in [4.69, 9.17) is 4.74 Å². The van der Waals surface area contributed by atoms with Crippen molar-refractivity contribution < 1.29 is 9.84 Å². The number of rotatable bonds is 6. The molecule has 0 aliphatic carbocycles. The van der Waals surface area contributed by atoms with Gasteiger partial charge >= 0.3 is 0 Å². The van der Waals surface area contributed by atoms with Gasteiger partial charge in [0.15, 0.2) is 0 Å². The quantitative estimate of drug-likeness (QED) is 0.769. The number of aromatic nitrogens is 2. The standard InChI is InChI=1S/C11H20N2O2/c1-9(2)15-8-11(14)5-4-10-6-12-13(3)7-10/h6-7,9,11,14H,4-5,8H2,1-3H3. The molecular formula is C11H20N2O2. The van der Waals surface area contributed by atoms with Crippen LogP contribution < -0.4 is 0 Å². The van der Waals surface area contributed by atoms with Crippen LogP contribution >= 0.6 is 0 Å². The van der Waals surface area contributed by atoms with E-state index in [1.807, 2.05) is 33.3 Å². The largest absolute Gasteiger partial charge is 0.391 e. The predicted molar refractivity (Wildman–Crippen MR) is 58.6 cm³/mol. The Hall–Kier alpha value is -0.870. The third-order valence-corrected chi connectivity index (χ3v) is 2.15. The van der Waals surface area contributed by atoms with Gasteiger partial charge < -0.3 is 9.84 Å². The van der Waals surface area contributed by atoms with E-state index in [0.29, 0.717) is 6.61 Å². The van der Waals surface area contributed by atoms with Crippen LogP contribution in [0.4, 0.5) is 0 Å². The molecule has 1 atom stereocenters. The van der Waals surface area contributed by atoms with Crippen molar-refractivity contribution in [3.05, 3.63) is 18.0 Å². The van der Waals surface area contributed by atoms with Crippen LogP contribution in [0.25, 0.3) is 0 Å². The van der Waals surface area contributed by atoms with Gasteiger partial charge in [-0.15, -0.1) is 0 Å². The van der Waals surface area contributed by atoms with Gasteiger partial charge in [-0.1, -0.05) is 0 Å². The number of ether oxygens (including phenoxy) is 1. The average molecular weight is 212 g/mol. The topological polar surface area (TPSA) is 47.3 Å². The van der Waals surface area contributed by atoms with Crippen LogP contribution in [-0.2, 0) is 18.2 Å². The molecular weight excluding hydrogens is 192 g/mol. The first-order valence-corrected chi connectivity index (χ1v) is 5.35. The van der Waals surface area contributed by atoms with E-state index in [1.165, 1.54) is 0 Å². The van der Waals surface area contributed by atoms with Gasteiger partial charge in [0.2, 0.25) is 0 Å². The molecule has 1 heterocycles. The van der Waals surface area contributed by atoms with Crippen LogP contribution in [0.3, 0.4) is 0 Å². The molecule has 0 spiro atoms. The normalized spacial score (nSPS) is 13.4. The van der Waals surface area contributed by atoms with Crippen molar-refractivity contribution in [1.29, 1.82) is 0 Å². The minimum Gasteiger partial charge on any atom is -0.391 e. The summed E-state index contributed by atoms with van der Waals surface area (Å²) in [4.78, 5) is 0. The van der Waals surface area contributed by atoms with Crippen molar-refractivity contribution in [2.24, 2.45) is 7.05 Å². The van der Waals surface area contributed by atoms with Gasteiger partial charge in [-0.2, -0.15) is 5.10 Å². The fraction of sp³-hybridized carbons (Fsp3) is 0.727. The maximum Gasteiger partial charge on any atom is 0.0777 e. The highest BCUT2D eigenvalue weighted by Crippen LogP contribution is 2.04. The van der Waals surface area contributed by atoms with Crippen LogP contribution in [0.1, 0.15) is 25.8 Å². The number of aliphatic hydroxyl groups excluding tert-OH is 1. The molecule has 1 rings (SSSR count). The molecule has 15 heavy (non-hydrogen) atoms. The summed E-state index contributed by atoms with van der Waals surface area (Å²) in [5, 5.41) is 13.7. The molecule has 1 aromatic heterocycles. The smallest absolute Gasteiger partial charge is 0.0777 e. The van der Waals surface area contributed by atoms with Gasteiger partial charge in [-0.25, -0.2) is 0 Å². The summed E-state index contributed by atoms with van der Waals surface area (Å²) in [7, 11) is 1.89. The van der Waals surface area contributed by atoms with Crippen molar-refractivity contribution in [3.8, 4) is 0 Å². The third kappa shape index (κ3) is 4.95. The Balaban J connectivity index is 2.19. The molecule has 1 aromatic rings. The SMILES string of the molecule is CC(C)OCC(O)CCc1cnn(C)c1. The summed E-state index contributed by atoms with van der Waals surface area (Å²) in [6.07, 6.45) is 5.16. The Morgan fingerprint density at radius 3 is 2.80 bits per heavy atom. The van der Waals surface area contributed by atoms with Crippen molar-refractivity contribution in [3.63, 3.8) is 0 Å². The average Bonchev–Trinajstić information content (AvgIpc) is 2.58. The summed E-state index contributed by atoms with van der Waals surface area (Å²) in [6.45, 7) is 4.35. The summed E-state index contributed by atoms with van der Waals surface area (Å²) in [5.74, 6) is 0. The van der Waals surface area contributed by atoms with E-state index in [2.05, 4.69) is 5.10 Å². The molecule has 0 aromatic carbocycles. The summed E-state index contributed by atoms with van der Waals surface area (Å²) in [6, 6.07) is 0. The molecule has 1 unspecified atom stereocenters. The van der Waals surface area contributed by atoms with E-state index in [-0.39, 0.29) is 12.2 Å². The molecule has 4 heteroatoms. The molecule has 4 nitrogen and oxygen atoms in total. The first-order valence-electron chi connectivity index (χ1n) is 5.35. The molecule has 0 saturated carbocycles. The summed E-state index contributed by atoms with van der Waals surface area (Å²) in [5.41, 5.74) is 1.15. The minimum atomic E-state index is -0.382. The second kappa shape index (κ2) is 5.88. The van der Waals surface area contributed by atoms with Crippen molar-refractivity contribution >= 4 is 0 Å². The Kier molecular flexibility index (Phi) is 4.78. The third-order valence-electron chi connectivity index (χ3n) is 2.15. The first-order chi connectivity index (χ1) is 7.08. The van der Waals surface area contributed by atoms with E-state index >= 15 is 0 Å². The van der Waals surface area contributed by atoms with Crippen LogP contribution in [0.5, 0.6) is 0 Å². The van der Waals surface area contributed by atoms with E-state index in [0.717, 1.165) is 18.4 Å². The number of aryl methyl sites for hydroxylation is 2. The van der Waals surface area contributed by atoms with Crippen LogP contribution in [0, 0.1) is 0 Å². The molecule has 86 valence electrons. The van der Waals surface area contributed by atoms with Gasteiger partial charge in [0, 0.05) is 13.2 Å². The highest BCUT2D eigenvalue weighted by Gasteiger charge is 2.06. The lowest BCUT2D eigenvalue weighted by Gasteiger charge is -2.12. The van der Waals surface area contributed by atoms with Gasteiger partial charge in [0.1, 0.15) is 0 Å². The second-order valence-electron chi connectivity index (χ2n) is 4.10. The zero-order chi connectivity index (χ0) is 11.3. The minimum absolute atomic E-state index is 0.179. The van der Waals surface area contributed by atoms with Crippen LogP contribution in [-0.4, -0.2) is 33.7 Å². The van der Waals surface area contributed by atoms with Crippen LogP contribution in [0.2, 0.25) is 0 Å². The van der Waals surface area contributed by atoms with Gasteiger partial charge in [0.05, 0.1) is 25.0 Å². The van der Waals surface area contributed by atoms with E-state index in [1.54, 1.807) is 4.68 Å². The fourth-order valence-corrected chi connectivity index (χ4v) is 1.32. The molecule has 0 bridgehead atoms. The predicted octanol–water partition coefficient (Wildman–Crippen LogP) is 1.14. The van der Waals surface area contributed by atoms with Crippen molar-refractivity contribution in [2.45, 2.75) is 38.9 Å². The summed E-state index contributed by atoms with van der Waals surface area (Å²) < 4.78 is 7.10. The van der Waals surface area contributed by atoms with Crippen molar-refractivity contribution in [1.82, 2.24) is 9.78 Å². The Morgan fingerprint density at radius 2 is 2.27 bits per heavy atom. The molecule has 0 saturated heterocycles. The first kappa shape index (κ1) is 12.2. The number of hydrogen-bond acceptors (Lipinski definition) is 3. The maximum atomic E-state index is 9.61. The molecule has 0 radical (unpaired) electrons. The van der Waals surface area contributed by atoms with Gasteiger partial charge in [0.25, 0.3) is 0 Å². The molecule has 0 aliphatic rings. The Morgan fingerprint density at radius 1 is 1.53 bits per heavy atom. The lowest BCUT2D eigenvalue weighted by Crippen LogP contribution is -2.18. The van der Waals surface area contributed by atoms with E-state index in [9.17, 15) is 5.11 Å². The molecule has 0 amide bonds. The zero-order valence-corrected chi connectivity index (χ0v) is 9.68. The highest BCUT2D eigenvalue weighted by atomic mass is 16.5. The monoisotopic (exact) mass is 212 g/mol. The van der Waals surface area contributed by atoms with Crippen LogP contribution in [0.15, 0.2) is 12.4 Å².